The summed E-state index contributed by atoms with van der Waals surface area (Å²) in [5, 5.41) is 11.5. The van der Waals surface area contributed by atoms with Crippen molar-refractivity contribution >= 4 is 21.9 Å². The Morgan fingerprint density at radius 2 is 1.72 bits per heavy atom. The quantitative estimate of drug-likeness (QED) is 0.679. The normalized spacial score (nSPS) is 16.8. The van der Waals surface area contributed by atoms with E-state index in [4.69, 9.17) is 9.15 Å². The van der Waals surface area contributed by atoms with E-state index in [1.54, 1.807) is 25.1 Å². The average Bonchev–Trinajstić information content (AvgIpc) is 3.26. The Hall–Kier alpha value is -2.14. The number of rotatable bonds is 4. The first-order chi connectivity index (χ1) is 12.1. The Balaban J connectivity index is 1.86. The number of aliphatic hydroxyl groups is 1. The van der Waals surface area contributed by atoms with Crippen LogP contribution in [0.2, 0.25) is 0 Å². The molecule has 0 bridgehead atoms. The van der Waals surface area contributed by atoms with Crippen LogP contribution in [0.15, 0.2) is 28.7 Å². The zero-order chi connectivity index (χ0) is 17.6. The highest BCUT2D eigenvalue weighted by molar-refractivity contribution is 6.05. The predicted octanol–water partition coefficient (Wildman–Crippen LogP) is 5.49. The molecular weight excluding hydrogens is 326 g/mol. The molecule has 3 nitrogen and oxygen atoms in total. The second kappa shape index (κ2) is 6.30. The molecule has 1 atom stereocenters. The van der Waals surface area contributed by atoms with Gasteiger partial charge in [-0.3, -0.25) is 0 Å². The molecule has 0 radical (unpaired) electrons. The molecule has 1 unspecified atom stereocenters. The van der Waals surface area contributed by atoms with Gasteiger partial charge in [-0.1, -0.05) is 18.9 Å². The molecule has 1 heterocycles. The molecule has 3 aromatic rings. The van der Waals surface area contributed by atoms with Gasteiger partial charge in [-0.15, -0.1) is 0 Å². The van der Waals surface area contributed by atoms with Crippen LogP contribution in [0.1, 0.15) is 44.3 Å². The van der Waals surface area contributed by atoms with Gasteiger partial charge >= 0.3 is 0 Å². The van der Waals surface area contributed by atoms with E-state index in [-0.39, 0.29) is 28.4 Å². The SMILES string of the molecule is CCOc1ccc2c(oc3c(F)c(C(O)C4CCCC4)ccc32)c1F. The van der Waals surface area contributed by atoms with Crippen LogP contribution < -0.4 is 4.74 Å². The van der Waals surface area contributed by atoms with Crippen molar-refractivity contribution in [1.82, 2.24) is 0 Å². The monoisotopic (exact) mass is 346 g/mol. The molecule has 1 aliphatic carbocycles. The first-order valence-corrected chi connectivity index (χ1v) is 8.75. The van der Waals surface area contributed by atoms with Crippen molar-refractivity contribution in [2.24, 2.45) is 5.92 Å². The van der Waals surface area contributed by atoms with E-state index in [1.807, 2.05) is 0 Å². The molecule has 1 aliphatic rings. The summed E-state index contributed by atoms with van der Waals surface area (Å²) in [6.07, 6.45) is 3.04. The van der Waals surface area contributed by atoms with Crippen LogP contribution >= 0.6 is 0 Å². The van der Waals surface area contributed by atoms with Crippen LogP contribution in [0, 0.1) is 17.6 Å². The number of benzene rings is 2. The predicted molar refractivity (Wildman–Crippen MR) is 91.7 cm³/mol. The van der Waals surface area contributed by atoms with E-state index in [2.05, 4.69) is 0 Å². The van der Waals surface area contributed by atoms with Crippen molar-refractivity contribution < 1.29 is 23.0 Å². The largest absolute Gasteiger partial charge is 0.491 e. The highest BCUT2D eigenvalue weighted by Crippen LogP contribution is 2.40. The topological polar surface area (TPSA) is 42.6 Å². The van der Waals surface area contributed by atoms with Gasteiger partial charge in [-0.05, 0) is 43.9 Å². The minimum atomic E-state index is -0.857. The number of halogens is 2. The van der Waals surface area contributed by atoms with Crippen molar-refractivity contribution in [2.45, 2.75) is 38.7 Å². The third kappa shape index (κ3) is 2.58. The zero-order valence-corrected chi connectivity index (χ0v) is 14.0. The van der Waals surface area contributed by atoms with Gasteiger partial charge in [0, 0.05) is 16.3 Å². The van der Waals surface area contributed by atoms with E-state index in [0.717, 1.165) is 25.7 Å². The molecule has 4 rings (SSSR count). The maximum absolute atomic E-state index is 15.0. The van der Waals surface area contributed by atoms with E-state index in [1.165, 1.54) is 6.07 Å². The fourth-order valence-electron chi connectivity index (χ4n) is 3.86. The van der Waals surface area contributed by atoms with Gasteiger partial charge in [-0.2, -0.15) is 4.39 Å². The van der Waals surface area contributed by atoms with Gasteiger partial charge in [-0.25, -0.2) is 4.39 Å². The van der Waals surface area contributed by atoms with Crippen molar-refractivity contribution in [2.75, 3.05) is 6.61 Å². The number of furan rings is 1. The van der Waals surface area contributed by atoms with E-state index >= 15 is 0 Å². The van der Waals surface area contributed by atoms with Crippen LogP contribution in [-0.2, 0) is 0 Å². The first kappa shape index (κ1) is 16.3. The molecule has 1 aromatic heterocycles. The van der Waals surface area contributed by atoms with Gasteiger partial charge in [0.15, 0.2) is 22.7 Å². The highest BCUT2D eigenvalue weighted by atomic mass is 19.1. The van der Waals surface area contributed by atoms with Crippen LogP contribution in [0.3, 0.4) is 0 Å². The Morgan fingerprint density at radius 3 is 2.40 bits per heavy atom. The van der Waals surface area contributed by atoms with Gasteiger partial charge in [0.25, 0.3) is 0 Å². The van der Waals surface area contributed by atoms with Crippen molar-refractivity contribution in [3.05, 3.63) is 41.5 Å². The summed E-state index contributed by atoms with van der Waals surface area (Å²) in [4.78, 5) is 0. The lowest BCUT2D eigenvalue weighted by molar-refractivity contribution is 0.108. The Morgan fingerprint density at radius 1 is 1.08 bits per heavy atom. The lowest BCUT2D eigenvalue weighted by Crippen LogP contribution is -2.10. The van der Waals surface area contributed by atoms with E-state index in [0.29, 0.717) is 17.4 Å². The molecule has 5 heteroatoms. The van der Waals surface area contributed by atoms with Gasteiger partial charge in [0.1, 0.15) is 0 Å². The molecule has 1 N–H and O–H groups in total. The number of hydrogen-bond acceptors (Lipinski definition) is 3. The van der Waals surface area contributed by atoms with Crippen LogP contribution in [0.25, 0.3) is 21.9 Å². The van der Waals surface area contributed by atoms with Gasteiger partial charge < -0.3 is 14.3 Å². The van der Waals surface area contributed by atoms with Crippen molar-refractivity contribution in [3.63, 3.8) is 0 Å². The third-order valence-electron chi connectivity index (χ3n) is 5.15. The summed E-state index contributed by atoms with van der Waals surface area (Å²) in [5.41, 5.74) is 0.188. The van der Waals surface area contributed by atoms with Gasteiger partial charge in [0.05, 0.1) is 12.7 Å². The zero-order valence-electron chi connectivity index (χ0n) is 14.0. The summed E-state index contributed by atoms with van der Waals surface area (Å²) >= 11 is 0. The Labute approximate surface area is 144 Å². The third-order valence-corrected chi connectivity index (χ3v) is 5.15. The molecule has 0 saturated heterocycles. The summed E-state index contributed by atoms with van der Waals surface area (Å²) in [7, 11) is 0. The molecular formula is C20H20F2O3. The Bertz CT molecular complexity index is 926. The molecule has 25 heavy (non-hydrogen) atoms. The lowest BCUT2D eigenvalue weighted by Gasteiger charge is -2.18. The average molecular weight is 346 g/mol. The maximum atomic E-state index is 15.0. The number of aliphatic hydroxyl groups excluding tert-OH is 1. The highest BCUT2D eigenvalue weighted by Gasteiger charge is 2.28. The summed E-state index contributed by atoms with van der Waals surface area (Å²) in [5.74, 6) is -1.09. The molecule has 0 spiro atoms. The summed E-state index contributed by atoms with van der Waals surface area (Å²) in [6, 6.07) is 6.47. The molecule has 132 valence electrons. The molecule has 0 amide bonds. The molecule has 2 aromatic carbocycles. The van der Waals surface area contributed by atoms with Crippen LogP contribution in [-0.4, -0.2) is 11.7 Å². The number of fused-ring (bicyclic) bond motifs is 3. The number of hydrogen-bond donors (Lipinski definition) is 1. The number of ether oxygens (including phenoxy) is 1. The van der Waals surface area contributed by atoms with Crippen LogP contribution in [0.5, 0.6) is 5.75 Å². The Kier molecular flexibility index (Phi) is 4.12. The van der Waals surface area contributed by atoms with Crippen LogP contribution in [0.4, 0.5) is 8.78 Å². The van der Waals surface area contributed by atoms with Crippen molar-refractivity contribution in [3.8, 4) is 5.75 Å². The molecule has 1 saturated carbocycles. The van der Waals surface area contributed by atoms with E-state index in [9.17, 15) is 13.9 Å². The summed E-state index contributed by atoms with van der Waals surface area (Å²) in [6.45, 7) is 2.09. The molecule has 1 fully saturated rings. The second-order valence-electron chi connectivity index (χ2n) is 6.62. The second-order valence-corrected chi connectivity index (χ2v) is 6.62. The smallest absolute Gasteiger partial charge is 0.208 e. The first-order valence-electron chi connectivity index (χ1n) is 8.75. The fourth-order valence-corrected chi connectivity index (χ4v) is 3.86. The van der Waals surface area contributed by atoms with Gasteiger partial charge in [0.2, 0.25) is 5.82 Å². The minimum absolute atomic E-state index is 0.0166. The maximum Gasteiger partial charge on any atom is 0.208 e. The molecule has 0 aliphatic heterocycles. The van der Waals surface area contributed by atoms with Crippen molar-refractivity contribution in [1.29, 1.82) is 0 Å². The standard InChI is InChI=1S/C20H20F2O3/c1-2-24-15-10-9-13-12-7-8-14(18(23)11-5-3-4-6-11)16(21)19(12)25-20(13)17(15)22/h7-11,18,23H,2-6H2,1H3. The summed E-state index contributed by atoms with van der Waals surface area (Å²) < 4.78 is 40.3. The fraction of sp³-hybridized carbons (Fsp3) is 0.400. The van der Waals surface area contributed by atoms with E-state index < -0.39 is 17.7 Å². The minimum Gasteiger partial charge on any atom is -0.491 e. The lowest BCUT2D eigenvalue weighted by atomic mass is 9.93.